The molecular weight excluding hydrogens is 458 g/mol. The minimum Gasteiger partial charge on any atom is -0.485 e. The SMILES string of the molecule is Cc1cc(C(=O)COc2ccc(S(=O)(=O)N3CCCC3)cc2C(N)=O)c(C)n1Cc1ccco1. The molecule has 0 atom stereocenters. The van der Waals surface area contributed by atoms with Gasteiger partial charge in [0.25, 0.3) is 5.91 Å². The van der Waals surface area contributed by atoms with Gasteiger partial charge in [-0.05, 0) is 63.1 Å². The molecule has 34 heavy (non-hydrogen) atoms. The van der Waals surface area contributed by atoms with Gasteiger partial charge in [-0.25, -0.2) is 8.42 Å². The van der Waals surface area contributed by atoms with E-state index in [1.165, 1.54) is 22.5 Å². The second-order valence-corrected chi connectivity index (χ2v) is 10.2. The van der Waals surface area contributed by atoms with Gasteiger partial charge in [-0.2, -0.15) is 4.31 Å². The van der Waals surface area contributed by atoms with E-state index < -0.39 is 15.9 Å². The van der Waals surface area contributed by atoms with Crippen molar-refractivity contribution in [3.8, 4) is 5.75 Å². The van der Waals surface area contributed by atoms with Gasteiger partial charge in [0.1, 0.15) is 11.5 Å². The topological polar surface area (TPSA) is 125 Å². The van der Waals surface area contributed by atoms with Gasteiger partial charge in [0.05, 0.1) is 23.3 Å². The number of carbonyl (C=O) groups is 2. The van der Waals surface area contributed by atoms with Crippen molar-refractivity contribution in [1.82, 2.24) is 8.87 Å². The lowest BCUT2D eigenvalue weighted by atomic mass is 10.1. The number of aryl methyl sites for hydroxylation is 1. The van der Waals surface area contributed by atoms with Crippen LogP contribution in [0.3, 0.4) is 0 Å². The number of primary amides is 1. The first kappa shape index (κ1) is 23.8. The zero-order valence-corrected chi connectivity index (χ0v) is 19.9. The normalized spacial score (nSPS) is 14.4. The van der Waals surface area contributed by atoms with E-state index in [1.54, 1.807) is 18.4 Å². The number of hydrogen-bond donors (Lipinski definition) is 1. The van der Waals surface area contributed by atoms with Crippen molar-refractivity contribution in [3.63, 3.8) is 0 Å². The first-order valence-electron chi connectivity index (χ1n) is 11.0. The Balaban J connectivity index is 1.52. The number of nitrogens with zero attached hydrogens (tertiary/aromatic N) is 2. The number of ketones is 1. The molecule has 1 aromatic carbocycles. The summed E-state index contributed by atoms with van der Waals surface area (Å²) in [6, 6.07) is 9.41. The van der Waals surface area contributed by atoms with Crippen LogP contribution in [0.1, 0.15) is 50.7 Å². The van der Waals surface area contributed by atoms with E-state index in [1.807, 2.05) is 24.5 Å². The molecule has 0 saturated carbocycles. The van der Waals surface area contributed by atoms with Gasteiger partial charge >= 0.3 is 0 Å². The number of benzene rings is 1. The lowest BCUT2D eigenvalue weighted by Crippen LogP contribution is -2.28. The van der Waals surface area contributed by atoms with Crippen LogP contribution in [0, 0.1) is 13.8 Å². The molecule has 2 aromatic heterocycles. The zero-order chi connectivity index (χ0) is 24.5. The summed E-state index contributed by atoms with van der Waals surface area (Å²) < 4.78 is 40.0. The first-order valence-corrected chi connectivity index (χ1v) is 12.4. The second-order valence-electron chi connectivity index (χ2n) is 8.30. The Bertz CT molecular complexity index is 1320. The van der Waals surface area contributed by atoms with E-state index in [0.717, 1.165) is 30.0 Å². The molecular formula is C24H27N3O6S. The predicted molar refractivity (Wildman–Crippen MR) is 124 cm³/mol. The van der Waals surface area contributed by atoms with E-state index >= 15 is 0 Å². The number of rotatable bonds is 9. The van der Waals surface area contributed by atoms with Crippen LogP contribution in [-0.2, 0) is 16.6 Å². The standard InChI is InChI=1S/C24H27N3O6S/c1-16-12-20(17(2)27(16)14-18-6-5-11-32-18)22(28)15-33-23-8-7-19(13-21(23)24(25)29)34(30,31)26-9-3-4-10-26/h5-8,11-13H,3-4,9-10,14-15H2,1-2H3,(H2,25,29). The van der Waals surface area contributed by atoms with Crippen molar-refractivity contribution >= 4 is 21.7 Å². The highest BCUT2D eigenvalue weighted by Crippen LogP contribution is 2.27. The molecule has 10 heteroatoms. The van der Waals surface area contributed by atoms with Crippen LogP contribution >= 0.6 is 0 Å². The summed E-state index contributed by atoms with van der Waals surface area (Å²) >= 11 is 0. The van der Waals surface area contributed by atoms with E-state index in [4.69, 9.17) is 14.9 Å². The molecule has 0 aliphatic carbocycles. The fourth-order valence-electron chi connectivity index (χ4n) is 4.17. The van der Waals surface area contributed by atoms with E-state index in [0.29, 0.717) is 25.2 Å². The van der Waals surface area contributed by atoms with Crippen LogP contribution in [0.25, 0.3) is 0 Å². The lowest BCUT2D eigenvalue weighted by molar-refractivity contribution is 0.0911. The summed E-state index contributed by atoms with van der Waals surface area (Å²) in [5, 5.41) is 0. The Labute approximate surface area is 198 Å². The molecule has 3 aromatic rings. The third kappa shape index (κ3) is 4.64. The van der Waals surface area contributed by atoms with Gasteiger partial charge in [0.2, 0.25) is 15.8 Å². The average Bonchev–Trinajstić information content (AvgIpc) is 3.57. The van der Waals surface area contributed by atoms with Crippen LogP contribution < -0.4 is 10.5 Å². The van der Waals surface area contributed by atoms with Crippen molar-refractivity contribution in [2.24, 2.45) is 5.73 Å². The van der Waals surface area contributed by atoms with Gasteiger partial charge in [0.15, 0.2) is 6.61 Å². The molecule has 2 N–H and O–H groups in total. The average molecular weight is 486 g/mol. The predicted octanol–water partition coefficient (Wildman–Crippen LogP) is 2.89. The largest absolute Gasteiger partial charge is 0.485 e. The summed E-state index contributed by atoms with van der Waals surface area (Å²) in [7, 11) is -3.72. The molecule has 1 aliphatic rings. The number of carbonyl (C=O) groups excluding carboxylic acids is 2. The maximum Gasteiger partial charge on any atom is 0.252 e. The quantitative estimate of drug-likeness (QED) is 0.465. The Kier molecular flexibility index (Phi) is 6.63. The number of amides is 1. The highest BCUT2D eigenvalue weighted by atomic mass is 32.2. The minimum atomic E-state index is -3.72. The van der Waals surface area contributed by atoms with Gasteiger partial charge in [-0.15, -0.1) is 0 Å². The first-order chi connectivity index (χ1) is 16.2. The molecule has 0 radical (unpaired) electrons. The van der Waals surface area contributed by atoms with Gasteiger partial charge in [-0.1, -0.05) is 0 Å². The Hall–Kier alpha value is -3.37. The number of aromatic nitrogens is 1. The van der Waals surface area contributed by atoms with Crippen molar-refractivity contribution in [2.45, 2.75) is 38.1 Å². The molecule has 1 saturated heterocycles. The van der Waals surface area contributed by atoms with Crippen molar-refractivity contribution in [3.05, 3.63) is 70.9 Å². The molecule has 1 aliphatic heterocycles. The summed E-state index contributed by atoms with van der Waals surface area (Å²) in [4.78, 5) is 24.9. The van der Waals surface area contributed by atoms with Crippen LogP contribution in [-0.4, -0.2) is 48.7 Å². The van der Waals surface area contributed by atoms with Crippen LogP contribution in [0.4, 0.5) is 0 Å². The molecule has 0 spiro atoms. The summed E-state index contributed by atoms with van der Waals surface area (Å²) in [5.41, 5.74) is 7.56. The molecule has 0 unspecified atom stereocenters. The number of Topliss-reactive ketones (excluding diaryl/α,β-unsaturated/α-hetero) is 1. The van der Waals surface area contributed by atoms with E-state index in [9.17, 15) is 18.0 Å². The summed E-state index contributed by atoms with van der Waals surface area (Å²) in [5.74, 6) is -0.279. The monoisotopic (exact) mass is 485 g/mol. The lowest BCUT2D eigenvalue weighted by Gasteiger charge is -2.17. The molecule has 1 fully saturated rings. The Morgan fingerprint density at radius 3 is 2.47 bits per heavy atom. The van der Waals surface area contributed by atoms with E-state index in [-0.39, 0.29) is 28.6 Å². The van der Waals surface area contributed by atoms with Crippen molar-refractivity contribution in [1.29, 1.82) is 0 Å². The number of nitrogens with two attached hydrogens (primary N) is 1. The number of ether oxygens (including phenoxy) is 1. The highest BCUT2D eigenvalue weighted by Gasteiger charge is 2.28. The molecule has 4 rings (SSSR count). The molecule has 180 valence electrons. The summed E-state index contributed by atoms with van der Waals surface area (Å²) in [6.07, 6.45) is 3.20. The van der Waals surface area contributed by atoms with Crippen LogP contribution in [0.2, 0.25) is 0 Å². The maximum absolute atomic E-state index is 12.9. The fraction of sp³-hybridized carbons (Fsp3) is 0.333. The Morgan fingerprint density at radius 1 is 1.09 bits per heavy atom. The smallest absolute Gasteiger partial charge is 0.252 e. The zero-order valence-electron chi connectivity index (χ0n) is 19.1. The fourth-order valence-corrected chi connectivity index (χ4v) is 5.72. The molecule has 9 nitrogen and oxygen atoms in total. The van der Waals surface area contributed by atoms with Crippen LogP contribution in [0.5, 0.6) is 5.75 Å². The van der Waals surface area contributed by atoms with Crippen molar-refractivity contribution in [2.75, 3.05) is 19.7 Å². The number of hydrogen-bond acceptors (Lipinski definition) is 6. The number of furan rings is 1. The Morgan fingerprint density at radius 2 is 1.82 bits per heavy atom. The number of sulfonamides is 1. The molecule has 0 bridgehead atoms. The third-order valence-electron chi connectivity index (χ3n) is 6.05. The van der Waals surface area contributed by atoms with Crippen molar-refractivity contribution < 1.29 is 27.2 Å². The van der Waals surface area contributed by atoms with Gasteiger partial charge in [-0.3, -0.25) is 9.59 Å². The van der Waals surface area contributed by atoms with E-state index in [2.05, 4.69) is 0 Å². The minimum absolute atomic E-state index is 0.0247. The second kappa shape index (κ2) is 9.47. The maximum atomic E-state index is 12.9. The van der Waals surface area contributed by atoms with Gasteiger partial charge in [0, 0.05) is 30.0 Å². The van der Waals surface area contributed by atoms with Crippen LogP contribution in [0.15, 0.2) is 52.0 Å². The molecule has 1 amide bonds. The summed E-state index contributed by atoms with van der Waals surface area (Å²) in [6.45, 7) is 4.80. The van der Waals surface area contributed by atoms with Gasteiger partial charge < -0.3 is 19.5 Å². The highest BCUT2D eigenvalue weighted by molar-refractivity contribution is 7.89. The molecule has 3 heterocycles. The third-order valence-corrected chi connectivity index (χ3v) is 7.94.